The van der Waals surface area contributed by atoms with Crippen molar-refractivity contribution in [3.05, 3.63) is 28.3 Å². The first-order chi connectivity index (χ1) is 13.7. The van der Waals surface area contributed by atoms with Gasteiger partial charge in [-0.25, -0.2) is 8.42 Å². The number of nitro groups is 1. The number of carbonyl (C=O) groups excluding carboxylic acids is 1. The van der Waals surface area contributed by atoms with Crippen LogP contribution in [0.5, 0.6) is 0 Å². The zero-order valence-electron chi connectivity index (χ0n) is 15.6. The normalized spacial score (nSPS) is 18.1. The van der Waals surface area contributed by atoms with E-state index in [1.54, 1.807) is 4.90 Å². The van der Waals surface area contributed by atoms with Gasteiger partial charge in [0, 0.05) is 51.3 Å². The summed E-state index contributed by atoms with van der Waals surface area (Å²) in [7, 11) is -4.91. The zero-order valence-corrected chi connectivity index (χ0v) is 16.4. The van der Waals surface area contributed by atoms with Crippen molar-refractivity contribution in [1.29, 1.82) is 0 Å². The maximum atomic E-state index is 12.7. The van der Waals surface area contributed by atoms with Gasteiger partial charge in [-0.05, 0) is 25.0 Å². The van der Waals surface area contributed by atoms with Gasteiger partial charge in [-0.3, -0.25) is 19.8 Å². The van der Waals surface area contributed by atoms with Crippen molar-refractivity contribution >= 4 is 27.1 Å². The van der Waals surface area contributed by atoms with E-state index in [4.69, 9.17) is 0 Å². The lowest BCUT2D eigenvalue weighted by atomic mass is 10.2. The molecule has 0 bridgehead atoms. The van der Waals surface area contributed by atoms with Crippen LogP contribution in [0.1, 0.15) is 19.3 Å². The van der Waals surface area contributed by atoms with E-state index in [1.807, 2.05) is 0 Å². The largest absolute Gasteiger partial charge is 0.363 e. The van der Waals surface area contributed by atoms with Crippen LogP contribution in [0.15, 0.2) is 23.1 Å². The molecule has 12 heteroatoms. The molecular weight excluding hydrogens is 410 g/mol. The number of nitrogens with one attached hydrogen (secondary N) is 1. The number of carbonyl (C=O) groups is 1. The lowest BCUT2D eigenvalue weighted by Gasteiger charge is -2.35. The predicted octanol–water partition coefficient (Wildman–Crippen LogP) is 1.38. The molecule has 9 nitrogen and oxygen atoms in total. The lowest BCUT2D eigenvalue weighted by molar-refractivity contribution is -0.384. The van der Waals surface area contributed by atoms with Crippen molar-refractivity contribution in [1.82, 2.24) is 10.2 Å². The maximum absolute atomic E-state index is 12.7. The highest BCUT2D eigenvalue weighted by atomic mass is 32.2. The number of nitrogens with zero attached hydrogens (tertiary/aromatic N) is 3. The van der Waals surface area contributed by atoms with E-state index >= 15 is 0 Å². The van der Waals surface area contributed by atoms with Gasteiger partial charge in [-0.1, -0.05) is 0 Å². The molecule has 1 aromatic rings. The molecule has 29 heavy (non-hydrogen) atoms. The van der Waals surface area contributed by atoms with E-state index in [9.17, 15) is 32.1 Å². The van der Waals surface area contributed by atoms with Gasteiger partial charge in [0.2, 0.25) is 15.7 Å². The molecule has 1 saturated heterocycles. The van der Waals surface area contributed by atoms with Gasteiger partial charge in [-0.15, -0.1) is 0 Å². The van der Waals surface area contributed by atoms with Crippen molar-refractivity contribution in [3.8, 4) is 0 Å². The SMILES string of the molecule is O=C(CCN1CCN(c2ccc(S(=O)(=O)C(F)F)cc2[N+](=O)[O-])CC1)NC1CC1. The molecule has 2 fully saturated rings. The van der Waals surface area contributed by atoms with Gasteiger partial charge in [0.05, 0.1) is 9.82 Å². The van der Waals surface area contributed by atoms with Gasteiger partial charge < -0.3 is 10.2 Å². The first kappa shape index (κ1) is 21.4. The average Bonchev–Trinajstić information content (AvgIpc) is 3.50. The minimum atomic E-state index is -4.91. The summed E-state index contributed by atoms with van der Waals surface area (Å²) in [5.41, 5.74) is -0.335. The molecule has 0 atom stereocenters. The molecule has 1 aromatic carbocycles. The van der Waals surface area contributed by atoms with Gasteiger partial charge in [0.1, 0.15) is 5.69 Å². The fourth-order valence-corrected chi connectivity index (χ4v) is 3.94. The number of hydrogen-bond acceptors (Lipinski definition) is 7. The molecule has 0 radical (unpaired) electrons. The van der Waals surface area contributed by atoms with E-state index in [-0.39, 0.29) is 11.6 Å². The Bertz CT molecular complexity index is 884. The van der Waals surface area contributed by atoms with E-state index in [1.165, 1.54) is 6.07 Å². The molecule has 160 valence electrons. The first-order valence-electron chi connectivity index (χ1n) is 9.25. The number of nitro benzene ring substituents is 1. The second kappa shape index (κ2) is 8.57. The quantitative estimate of drug-likeness (QED) is 0.488. The molecule has 0 unspecified atom stereocenters. The molecule has 1 N–H and O–H groups in total. The Balaban J connectivity index is 1.63. The summed E-state index contributed by atoms with van der Waals surface area (Å²) in [5.74, 6) is -3.63. The Morgan fingerprint density at radius 2 is 1.90 bits per heavy atom. The molecule has 1 heterocycles. The first-order valence-corrected chi connectivity index (χ1v) is 10.8. The van der Waals surface area contributed by atoms with Gasteiger partial charge in [-0.2, -0.15) is 8.78 Å². The average molecular weight is 432 g/mol. The summed E-state index contributed by atoms with van der Waals surface area (Å²) in [4.78, 5) is 25.4. The van der Waals surface area contributed by atoms with E-state index in [0.717, 1.165) is 18.9 Å². The fraction of sp³-hybridized carbons (Fsp3) is 0.588. The van der Waals surface area contributed by atoms with Crippen molar-refractivity contribution in [2.45, 2.75) is 36.0 Å². The summed E-state index contributed by atoms with van der Waals surface area (Å²) >= 11 is 0. The Hall–Kier alpha value is -2.34. The van der Waals surface area contributed by atoms with Crippen molar-refractivity contribution in [3.63, 3.8) is 0 Å². The predicted molar refractivity (Wildman–Crippen MR) is 101 cm³/mol. The summed E-state index contributed by atoms with van der Waals surface area (Å²) in [6, 6.07) is 3.17. The van der Waals surface area contributed by atoms with Crippen molar-refractivity contribution in [2.24, 2.45) is 0 Å². The Kier molecular flexibility index (Phi) is 6.32. The Labute approximate surface area is 166 Å². The Morgan fingerprint density at radius 3 is 2.45 bits per heavy atom. The van der Waals surface area contributed by atoms with E-state index in [0.29, 0.717) is 51.3 Å². The molecule has 1 saturated carbocycles. The number of anilines is 1. The minimum absolute atomic E-state index is 0.0152. The second-order valence-corrected chi connectivity index (χ2v) is 9.05. The second-order valence-electron chi connectivity index (χ2n) is 7.13. The summed E-state index contributed by atoms with van der Waals surface area (Å²) in [5, 5.41) is 14.3. The van der Waals surface area contributed by atoms with Crippen LogP contribution in [0.25, 0.3) is 0 Å². The number of sulfone groups is 1. The number of hydrogen-bond donors (Lipinski definition) is 1. The van der Waals surface area contributed by atoms with Crippen LogP contribution < -0.4 is 10.2 Å². The number of amides is 1. The number of piperazine rings is 1. The molecular formula is C17H22F2N4O5S. The summed E-state index contributed by atoms with van der Waals surface area (Å²) < 4.78 is 48.7. The highest BCUT2D eigenvalue weighted by Gasteiger charge is 2.31. The van der Waals surface area contributed by atoms with Crippen LogP contribution in [-0.4, -0.2) is 68.7 Å². The Morgan fingerprint density at radius 1 is 1.24 bits per heavy atom. The number of halogens is 2. The lowest BCUT2D eigenvalue weighted by Crippen LogP contribution is -2.47. The van der Waals surface area contributed by atoms with Crippen LogP contribution in [-0.2, 0) is 14.6 Å². The maximum Gasteiger partial charge on any atom is 0.341 e. The van der Waals surface area contributed by atoms with Crippen LogP contribution in [0.2, 0.25) is 0 Å². The third kappa shape index (κ3) is 5.18. The molecule has 3 rings (SSSR count). The standard InChI is InChI=1S/C17H22F2N4O5S/c18-17(19)29(27,28)13-3-4-14(15(11-13)23(25)26)22-9-7-21(8-10-22)6-5-16(24)20-12-1-2-12/h3-4,11-12,17H,1-2,5-10H2,(H,20,24). The topological polar surface area (TPSA) is 113 Å². The van der Waals surface area contributed by atoms with Crippen LogP contribution >= 0.6 is 0 Å². The van der Waals surface area contributed by atoms with Gasteiger partial charge in [0.15, 0.2) is 0 Å². The third-order valence-electron chi connectivity index (χ3n) is 5.02. The molecule has 2 aliphatic rings. The fourth-order valence-electron chi connectivity index (χ4n) is 3.20. The van der Waals surface area contributed by atoms with Crippen molar-refractivity contribution in [2.75, 3.05) is 37.6 Å². The smallest absolute Gasteiger partial charge is 0.341 e. The van der Waals surface area contributed by atoms with E-state index < -0.39 is 31.1 Å². The molecule has 1 amide bonds. The highest BCUT2D eigenvalue weighted by molar-refractivity contribution is 7.91. The van der Waals surface area contributed by atoms with Gasteiger partial charge >= 0.3 is 5.76 Å². The number of benzene rings is 1. The van der Waals surface area contributed by atoms with Crippen LogP contribution in [0, 0.1) is 10.1 Å². The van der Waals surface area contributed by atoms with Crippen molar-refractivity contribution < 1.29 is 26.9 Å². The monoisotopic (exact) mass is 432 g/mol. The molecule has 0 spiro atoms. The van der Waals surface area contributed by atoms with E-state index in [2.05, 4.69) is 10.2 Å². The summed E-state index contributed by atoms with van der Waals surface area (Å²) in [6.07, 6.45) is 2.44. The molecule has 1 aliphatic heterocycles. The minimum Gasteiger partial charge on any atom is -0.363 e. The number of alkyl halides is 2. The number of rotatable bonds is 8. The summed E-state index contributed by atoms with van der Waals surface area (Å²) in [6.45, 7) is 2.61. The highest BCUT2D eigenvalue weighted by Crippen LogP contribution is 2.33. The molecule has 1 aliphatic carbocycles. The van der Waals surface area contributed by atoms with Gasteiger partial charge in [0.25, 0.3) is 5.69 Å². The van der Waals surface area contributed by atoms with Crippen LogP contribution in [0.4, 0.5) is 20.2 Å². The third-order valence-corrected chi connectivity index (χ3v) is 6.40. The molecule has 0 aromatic heterocycles. The zero-order chi connectivity index (χ0) is 21.2. The van der Waals surface area contributed by atoms with Crippen LogP contribution in [0.3, 0.4) is 0 Å².